The Morgan fingerprint density at radius 1 is 1.50 bits per heavy atom. The van der Waals surface area contributed by atoms with Crippen molar-refractivity contribution in [3.8, 4) is 0 Å². The summed E-state index contributed by atoms with van der Waals surface area (Å²) in [4.78, 5) is 2.48. The highest BCUT2D eigenvalue weighted by atomic mass is 32.1. The highest BCUT2D eigenvalue weighted by Gasteiger charge is 2.23. The third-order valence-corrected chi connectivity index (χ3v) is 3.34. The lowest BCUT2D eigenvalue weighted by Crippen LogP contribution is -2.46. The molecule has 0 saturated carbocycles. The lowest BCUT2D eigenvalue weighted by Gasteiger charge is -2.30. The van der Waals surface area contributed by atoms with E-state index < -0.39 is 0 Å². The van der Waals surface area contributed by atoms with E-state index in [2.05, 4.69) is 40.9 Å². The molecule has 0 spiro atoms. The van der Waals surface area contributed by atoms with Gasteiger partial charge in [0, 0.05) is 29.7 Å². The van der Waals surface area contributed by atoms with E-state index in [1.54, 1.807) is 11.3 Å². The maximum Gasteiger partial charge on any atom is 0.0475 e. The summed E-state index contributed by atoms with van der Waals surface area (Å²) >= 11 is 1.78. The Labute approximate surface area is 89.9 Å². The fourth-order valence-corrected chi connectivity index (χ4v) is 2.63. The number of nitrogens with one attached hydrogen (secondary N) is 1. The van der Waals surface area contributed by atoms with Crippen molar-refractivity contribution in [1.82, 2.24) is 5.32 Å². The normalized spacial score (nSPS) is 22.0. The Balaban J connectivity index is 2.11. The summed E-state index contributed by atoms with van der Waals surface area (Å²) in [6.45, 7) is 7.96. The van der Waals surface area contributed by atoms with Gasteiger partial charge in [0.25, 0.3) is 0 Å². The van der Waals surface area contributed by atoms with Gasteiger partial charge in [-0.05, 0) is 38.3 Å². The zero-order chi connectivity index (χ0) is 10.0. The smallest absolute Gasteiger partial charge is 0.0475 e. The third kappa shape index (κ3) is 2.28. The van der Waals surface area contributed by atoms with Gasteiger partial charge in [0.05, 0.1) is 0 Å². The molecular weight excluding hydrogens is 192 g/mol. The van der Waals surface area contributed by atoms with Gasteiger partial charge in [-0.25, -0.2) is 0 Å². The van der Waals surface area contributed by atoms with E-state index in [-0.39, 0.29) is 5.54 Å². The average molecular weight is 210 g/mol. The molecule has 1 saturated heterocycles. The van der Waals surface area contributed by atoms with E-state index in [0.29, 0.717) is 0 Å². The van der Waals surface area contributed by atoms with Crippen LogP contribution in [0, 0.1) is 0 Å². The summed E-state index contributed by atoms with van der Waals surface area (Å²) in [6.07, 6.45) is 1.24. The molecule has 3 heteroatoms. The highest BCUT2D eigenvalue weighted by Crippen LogP contribution is 2.22. The lowest BCUT2D eigenvalue weighted by atomic mass is 10.1. The van der Waals surface area contributed by atoms with Gasteiger partial charge in [0.15, 0.2) is 0 Å². The van der Waals surface area contributed by atoms with E-state index in [1.807, 2.05) is 0 Å². The fourth-order valence-electron chi connectivity index (χ4n) is 1.97. The van der Waals surface area contributed by atoms with Gasteiger partial charge in [-0.3, -0.25) is 0 Å². The Hall–Kier alpha value is -0.540. The second-order valence-electron chi connectivity index (χ2n) is 4.57. The third-order valence-electron chi connectivity index (χ3n) is 2.67. The molecule has 1 fully saturated rings. The van der Waals surface area contributed by atoms with Crippen molar-refractivity contribution in [3.63, 3.8) is 0 Å². The van der Waals surface area contributed by atoms with Crippen molar-refractivity contribution in [2.75, 3.05) is 24.5 Å². The van der Waals surface area contributed by atoms with Crippen LogP contribution in [0.5, 0.6) is 0 Å². The minimum Gasteiger partial charge on any atom is -0.369 e. The molecule has 2 heterocycles. The molecule has 0 unspecified atom stereocenters. The quantitative estimate of drug-likeness (QED) is 0.765. The molecule has 1 aromatic rings. The molecule has 2 nitrogen and oxygen atoms in total. The van der Waals surface area contributed by atoms with Gasteiger partial charge < -0.3 is 10.2 Å². The van der Waals surface area contributed by atoms with Crippen LogP contribution in [-0.4, -0.2) is 25.2 Å². The molecule has 1 aromatic heterocycles. The first-order valence-electron chi connectivity index (χ1n) is 5.20. The molecule has 14 heavy (non-hydrogen) atoms. The molecule has 0 aliphatic carbocycles. The van der Waals surface area contributed by atoms with Crippen molar-refractivity contribution in [3.05, 3.63) is 16.8 Å². The second kappa shape index (κ2) is 3.91. The zero-order valence-corrected chi connectivity index (χ0v) is 9.73. The molecule has 0 amide bonds. The van der Waals surface area contributed by atoms with Crippen LogP contribution < -0.4 is 10.2 Å². The summed E-state index contributed by atoms with van der Waals surface area (Å²) in [5.74, 6) is 0. The standard InChI is InChI=1S/C11H18N2S/c1-11(2)9-13(6-3-5-12-11)10-4-7-14-8-10/h4,7-8,12H,3,5-6,9H2,1-2H3. The monoisotopic (exact) mass is 210 g/mol. The molecule has 1 aliphatic heterocycles. The molecule has 1 N–H and O–H groups in total. The zero-order valence-electron chi connectivity index (χ0n) is 8.92. The Morgan fingerprint density at radius 2 is 2.36 bits per heavy atom. The largest absolute Gasteiger partial charge is 0.369 e. The van der Waals surface area contributed by atoms with Gasteiger partial charge in [0.2, 0.25) is 0 Å². The SMILES string of the molecule is CC1(C)CN(c2ccsc2)CCCN1. The van der Waals surface area contributed by atoms with Crippen LogP contribution in [-0.2, 0) is 0 Å². The van der Waals surface area contributed by atoms with E-state index in [1.165, 1.54) is 18.7 Å². The Kier molecular flexibility index (Phi) is 2.79. The highest BCUT2D eigenvalue weighted by molar-refractivity contribution is 7.08. The van der Waals surface area contributed by atoms with Gasteiger partial charge in [0.1, 0.15) is 0 Å². The predicted molar refractivity (Wildman–Crippen MR) is 63.2 cm³/mol. The summed E-state index contributed by atoms with van der Waals surface area (Å²) < 4.78 is 0. The maximum absolute atomic E-state index is 3.57. The Bertz CT molecular complexity index is 279. The first-order chi connectivity index (χ1) is 6.67. The minimum absolute atomic E-state index is 0.235. The van der Waals surface area contributed by atoms with Crippen molar-refractivity contribution >= 4 is 17.0 Å². The van der Waals surface area contributed by atoms with Crippen LogP contribution >= 0.6 is 11.3 Å². The van der Waals surface area contributed by atoms with Crippen LogP contribution in [0.1, 0.15) is 20.3 Å². The molecule has 2 rings (SSSR count). The van der Waals surface area contributed by atoms with Gasteiger partial charge in [-0.15, -0.1) is 0 Å². The van der Waals surface area contributed by atoms with E-state index in [0.717, 1.165) is 13.1 Å². The second-order valence-corrected chi connectivity index (χ2v) is 5.35. The molecule has 0 atom stereocenters. The van der Waals surface area contributed by atoms with Crippen LogP contribution in [0.3, 0.4) is 0 Å². The van der Waals surface area contributed by atoms with Gasteiger partial charge in [-0.2, -0.15) is 11.3 Å². The van der Waals surface area contributed by atoms with Crippen LogP contribution in [0.15, 0.2) is 16.8 Å². The molecule has 0 aromatic carbocycles. The number of anilines is 1. The molecule has 78 valence electrons. The van der Waals surface area contributed by atoms with Crippen LogP contribution in [0.2, 0.25) is 0 Å². The summed E-state index contributed by atoms with van der Waals surface area (Å²) in [5.41, 5.74) is 1.62. The lowest BCUT2D eigenvalue weighted by molar-refractivity contribution is 0.416. The molecule has 0 radical (unpaired) electrons. The van der Waals surface area contributed by atoms with Crippen molar-refractivity contribution in [1.29, 1.82) is 0 Å². The van der Waals surface area contributed by atoms with E-state index >= 15 is 0 Å². The molecule has 1 aliphatic rings. The Morgan fingerprint density at radius 3 is 3.07 bits per heavy atom. The first-order valence-corrected chi connectivity index (χ1v) is 6.14. The minimum atomic E-state index is 0.235. The van der Waals surface area contributed by atoms with E-state index in [9.17, 15) is 0 Å². The summed E-state index contributed by atoms with van der Waals surface area (Å²) in [7, 11) is 0. The maximum atomic E-state index is 3.57. The van der Waals surface area contributed by atoms with Crippen LogP contribution in [0.25, 0.3) is 0 Å². The van der Waals surface area contributed by atoms with Gasteiger partial charge >= 0.3 is 0 Å². The number of rotatable bonds is 1. The number of hydrogen-bond acceptors (Lipinski definition) is 3. The molecule has 0 bridgehead atoms. The predicted octanol–water partition coefficient (Wildman–Crippen LogP) is 2.33. The van der Waals surface area contributed by atoms with Crippen molar-refractivity contribution < 1.29 is 0 Å². The average Bonchev–Trinajstić information content (AvgIpc) is 2.57. The van der Waals surface area contributed by atoms with E-state index in [4.69, 9.17) is 0 Å². The number of hydrogen-bond donors (Lipinski definition) is 1. The van der Waals surface area contributed by atoms with Crippen molar-refractivity contribution in [2.24, 2.45) is 0 Å². The molecular formula is C11H18N2S. The first kappa shape index (κ1) is 9.99. The topological polar surface area (TPSA) is 15.3 Å². The fraction of sp³-hybridized carbons (Fsp3) is 0.636. The number of thiophene rings is 1. The van der Waals surface area contributed by atoms with Crippen LogP contribution in [0.4, 0.5) is 5.69 Å². The summed E-state index contributed by atoms with van der Waals surface area (Å²) in [5, 5.41) is 7.97. The number of nitrogens with zero attached hydrogens (tertiary/aromatic N) is 1. The van der Waals surface area contributed by atoms with Gasteiger partial charge in [-0.1, -0.05) is 0 Å². The summed E-state index contributed by atoms with van der Waals surface area (Å²) in [6, 6.07) is 2.21. The van der Waals surface area contributed by atoms with Crippen molar-refractivity contribution in [2.45, 2.75) is 25.8 Å².